The van der Waals surface area contributed by atoms with Crippen molar-refractivity contribution in [2.75, 3.05) is 5.32 Å². The first-order chi connectivity index (χ1) is 17.1. The molecule has 9 heteroatoms. The van der Waals surface area contributed by atoms with E-state index in [0.29, 0.717) is 48.4 Å². The van der Waals surface area contributed by atoms with E-state index >= 15 is 4.39 Å². The molecule has 2 aliphatic heterocycles. The fourth-order valence-electron chi connectivity index (χ4n) is 6.58. The lowest BCUT2D eigenvalue weighted by molar-refractivity contribution is -0.124. The SMILES string of the molecule is CC[C@]1(C)N[C@@H](C(=O)N[C@H]2CC[C@H](O)CC2)[C@H](c2cccc(Cl)c2F)[C@]12C(=O)Nc1cc(Cl)ccc12. The molecule has 5 rings (SSSR count). The van der Waals surface area contributed by atoms with Gasteiger partial charge < -0.3 is 15.7 Å². The standard InChI is InChI=1S/C27H30Cl2FN3O3/c1-3-26(2)27(18-12-7-14(28)13-20(18)32-25(27)36)21(17-5-4-6-19(29)22(17)30)23(33-26)24(35)31-15-8-10-16(34)11-9-15/h4-7,12-13,15-16,21,23,33-34H,3,8-11H2,1-2H3,(H,31,35)(H,32,36)/t15-,16-,21-,23+,26-,27+/m0/s1. The van der Waals surface area contributed by atoms with Gasteiger partial charge >= 0.3 is 0 Å². The Kier molecular flexibility index (Phi) is 6.56. The van der Waals surface area contributed by atoms with Gasteiger partial charge in [0.1, 0.15) is 11.2 Å². The van der Waals surface area contributed by atoms with Crippen LogP contribution < -0.4 is 16.0 Å². The second-order valence-corrected chi connectivity index (χ2v) is 11.2. The molecule has 6 nitrogen and oxygen atoms in total. The van der Waals surface area contributed by atoms with E-state index in [1.54, 1.807) is 30.3 Å². The summed E-state index contributed by atoms with van der Waals surface area (Å²) in [5.74, 6) is -2.12. The number of hydrogen-bond donors (Lipinski definition) is 4. The van der Waals surface area contributed by atoms with Crippen molar-refractivity contribution in [2.45, 2.75) is 81.0 Å². The molecule has 0 radical (unpaired) electrons. The van der Waals surface area contributed by atoms with Crippen LogP contribution in [0.15, 0.2) is 36.4 Å². The number of nitrogens with one attached hydrogen (secondary N) is 3. The van der Waals surface area contributed by atoms with E-state index in [0.717, 1.165) is 0 Å². The number of rotatable bonds is 4. The van der Waals surface area contributed by atoms with Crippen LogP contribution in [0.4, 0.5) is 10.1 Å². The molecule has 36 heavy (non-hydrogen) atoms. The molecule has 1 saturated heterocycles. The molecule has 2 amide bonds. The number of anilines is 1. The summed E-state index contributed by atoms with van der Waals surface area (Å²) in [5.41, 5.74) is -0.736. The zero-order chi connectivity index (χ0) is 25.8. The average molecular weight is 534 g/mol. The zero-order valence-corrected chi connectivity index (χ0v) is 21.7. The summed E-state index contributed by atoms with van der Waals surface area (Å²) >= 11 is 12.5. The molecular formula is C27H30Cl2FN3O3. The van der Waals surface area contributed by atoms with Crippen LogP contribution in [0.2, 0.25) is 10.0 Å². The van der Waals surface area contributed by atoms with Crippen LogP contribution in [-0.2, 0) is 15.0 Å². The highest BCUT2D eigenvalue weighted by Crippen LogP contribution is 2.60. The second kappa shape index (κ2) is 9.28. The van der Waals surface area contributed by atoms with Crippen LogP contribution in [-0.4, -0.2) is 40.6 Å². The summed E-state index contributed by atoms with van der Waals surface area (Å²) in [5, 5.41) is 19.8. The van der Waals surface area contributed by atoms with Gasteiger partial charge in [-0.1, -0.05) is 48.3 Å². The molecule has 0 bridgehead atoms. The number of hydrogen-bond acceptors (Lipinski definition) is 4. The highest BCUT2D eigenvalue weighted by atomic mass is 35.5. The third-order valence-electron chi connectivity index (χ3n) is 8.51. The van der Waals surface area contributed by atoms with Crippen molar-refractivity contribution < 1.29 is 19.1 Å². The van der Waals surface area contributed by atoms with Gasteiger partial charge in [-0.15, -0.1) is 0 Å². The number of halogens is 3. The van der Waals surface area contributed by atoms with Crippen molar-refractivity contribution in [1.82, 2.24) is 10.6 Å². The normalized spacial score (nSPS) is 33.4. The summed E-state index contributed by atoms with van der Waals surface area (Å²) in [4.78, 5) is 27.9. The van der Waals surface area contributed by atoms with Gasteiger partial charge in [-0.25, -0.2) is 4.39 Å². The Balaban J connectivity index is 1.67. The minimum atomic E-state index is -1.29. The Hall–Kier alpha value is -2.19. The Morgan fingerprint density at radius 3 is 2.61 bits per heavy atom. The summed E-state index contributed by atoms with van der Waals surface area (Å²) in [6.07, 6.45) is 2.70. The number of aliphatic hydroxyl groups is 1. The van der Waals surface area contributed by atoms with Crippen LogP contribution in [0.25, 0.3) is 0 Å². The number of amides is 2. The van der Waals surface area contributed by atoms with Gasteiger partial charge in [0, 0.05) is 28.2 Å². The fraction of sp³-hybridized carbons (Fsp3) is 0.481. The first-order valence-electron chi connectivity index (χ1n) is 12.4. The average Bonchev–Trinajstić information content (AvgIpc) is 3.29. The predicted molar refractivity (Wildman–Crippen MR) is 138 cm³/mol. The Morgan fingerprint density at radius 2 is 1.92 bits per heavy atom. The van der Waals surface area contributed by atoms with Crippen molar-refractivity contribution in [3.8, 4) is 0 Å². The van der Waals surface area contributed by atoms with Crippen molar-refractivity contribution in [1.29, 1.82) is 0 Å². The first-order valence-corrected chi connectivity index (χ1v) is 13.2. The summed E-state index contributed by atoms with van der Waals surface area (Å²) in [6, 6.07) is 8.90. The van der Waals surface area contributed by atoms with Crippen molar-refractivity contribution >= 4 is 40.7 Å². The maximum atomic E-state index is 15.7. The second-order valence-electron chi connectivity index (χ2n) is 10.4. The molecule has 4 N–H and O–H groups in total. The molecule has 2 aromatic rings. The number of fused-ring (bicyclic) bond motifs is 2. The number of benzene rings is 2. The summed E-state index contributed by atoms with van der Waals surface area (Å²) in [6.45, 7) is 3.86. The topological polar surface area (TPSA) is 90.5 Å². The molecule has 192 valence electrons. The minimum Gasteiger partial charge on any atom is -0.393 e. The van der Waals surface area contributed by atoms with Crippen LogP contribution >= 0.6 is 23.2 Å². The van der Waals surface area contributed by atoms with E-state index in [1.807, 2.05) is 13.8 Å². The van der Waals surface area contributed by atoms with Gasteiger partial charge in [0.2, 0.25) is 11.8 Å². The van der Waals surface area contributed by atoms with Gasteiger partial charge in [0.05, 0.1) is 17.2 Å². The third kappa shape index (κ3) is 3.74. The molecule has 2 heterocycles. The first kappa shape index (κ1) is 25.5. The van der Waals surface area contributed by atoms with Crippen LogP contribution in [0, 0.1) is 5.82 Å². The van der Waals surface area contributed by atoms with E-state index in [9.17, 15) is 14.7 Å². The molecule has 2 fully saturated rings. The Bertz CT molecular complexity index is 1220. The summed E-state index contributed by atoms with van der Waals surface area (Å²) in [7, 11) is 0. The van der Waals surface area contributed by atoms with Crippen LogP contribution in [0.1, 0.15) is 63.0 Å². The molecule has 3 aliphatic rings. The maximum absolute atomic E-state index is 15.7. The number of carbonyl (C=O) groups excluding carboxylic acids is 2. The highest BCUT2D eigenvalue weighted by molar-refractivity contribution is 6.31. The lowest BCUT2D eigenvalue weighted by Gasteiger charge is -2.42. The lowest BCUT2D eigenvalue weighted by Crippen LogP contribution is -2.57. The van der Waals surface area contributed by atoms with E-state index in [2.05, 4.69) is 16.0 Å². The van der Waals surface area contributed by atoms with E-state index in [4.69, 9.17) is 23.2 Å². The molecule has 0 aromatic heterocycles. The number of aliphatic hydroxyl groups excluding tert-OH is 1. The number of carbonyl (C=O) groups is 2. The van der Waals surface area contributed by atoms with Crippen molar-refractivity contribution in [3.05, 3.63) is 63.4 Å². The lowest BCUT2D eigenvalue weighted by atomic mass is 9.59. The van der Waals surface area contributed by atoms with Crippen molar-refractivity contribution in [3.63, 3.8) is 0 Å². The Labute approximate surface area is 219 Å². The molecule has 1 aliphatic carbocycles. The predicted octanol–water partition coefficient (Wildman–Crippen LogP) is 4.67. The molecule has 4 atom stereocenters. The van der Waals surface area contributed by atoms with E-state index in [1.165, 1.54) is 6.07 Å². The molecule has 1 spiro atoms. The highest BCUT2D eigenvalue weighted by Gasteiger charge is 2.70. The van der Waals surface area contributed by atoms with Gasteiger partial charge in [-0.05, 0) is 68.4 Å². The van der Waals surface area contributed by atoms with Crippen LogP contribution in [0.3, 0.4) is 0 Å². The third-order valence-corrected chi connectivity index (χ3v) is 9.03. The van der Waals surface area contributed by atoms with Gasteiger partial charge in [0.15, 0.2) is 0 Å². The molecule has 1 saturated carbocycles. The molecule has 0 unspecified atom stereocenters. The zero-order valence-electron chi connectivity index (χ0n) is 20.2. The van der Waals surface area contributed by atoms with Gasteiger partial charge in [-0.3, -0.25) is 14.9 Å². The monoisotopic (exact) mass is 533 g/mol. The van der Waals surface area contributed by atoms with Crippen LogP contribution in [0.5, 0.6) is 0 Å². The minimum absolute atomic E-state index is 0.0667. The largest absolute Gasteiger partial charge is 0.393 e. The van der Waals surface area contributed by atoms with Gasteiger partial charge in [0.25, 0.3) is 0 Å². The molecular weight excluding hydrogens is 504 g/mol. The van der Waals surface area contributed by atoms with E-state index < -0.39 is 28.7 Å². The quantitative estimate of drug-likeness (QED) is 0.459. The van der Waals surface area contributed by atoms with Crippen molar-refractivity contribution in [2.24, 2.45) is 0 Å². The van der Waals surface area contributed by atoms with E-state index in [-0.39, 0.29) is 34.5 Å². The smallest absolute Gasteiger partial charge is 0.238 e. The maximum Gasteiger partial charge on any atom is 0.238 e. The van der Waals surface area contributed by atoms with Gasteiger partial charge in [-0.2, -0.15) is 0 Å². The fourth-order valence-corrected chi connectivity index (χ4v) is 6.93. The molecule has 2 aromatic carbocycles. The summed E-state index contributed by atoms with van der Waals surface area (Å²) < 4.78 is 15.7. The Morgan fingerprint density at radius 1 is 1.19 bits per heavy atom.